The van der Waals surface area contributed by atoms with Crippen LogP contribution in [0, 0.1) is 26.7 Å². The van der Waals surface area contributed by atoms with Gasteiger partial charge in [-0.05, 0) is 56.0 Å². The predicted molar refractivity (Wildman–Crippen MR) is 141 cm³/mol. The van der Waals surface area contributed by atoms with Crippen LogP contribution in [0.1, 0.15) is 40.3 Å². The Morgan fingerprint density at radius 3 is 2.26 bits per heavy atom. The van der Waals surface area contributed by atoms with Gasteiger partial charge in [-0.1, -0.05) is 61.9 Å². The molecule has 0 unspecified atom stereocenters. The normalized spacial score (nSPS) is 10.9. The summed E-state index contributed by atoms with van der Waals surface area (Å²) in [5, 5.41) is 3.01. The first-order chi connectivity index (χ1) is 16.2. The third-order valence-corrected chi connectivity index (χ3v) is 6.52. The Balaban J connectivity index is 1.78. The lowest BCUT2D eigenvalue weighted by atomic mass is 10.1. The summed E-state index contributed by atoms with van der Waals surface area (Å²) in [6.07, 6.45) is 0. The first-order valence-electron chi connectivity index (χ1n) is 11.7. The molecule has 0 aliphatic rings. The molecule has 0 bridgehead atoms. The summed E-state index contributed by atoms with van der Waals surface area (Å²) < 4.78 is 0. The number of anilines is 1. The number of aryl methyl sites for hydroxylation is 3. The van der Waals surface area contributed by atoms with Gasteiger partial charge in [-0.3, -0.25) is 4.79 Å². The Bertz CT molecular complexity index is 1110. The summed E-state index contributed by atoms with van der Waals surface area (Å²) >= 11 is 1.70. The molecule has 0 saturated heterocycles. The molecule has 0 radical (unpaired) electrons. The van der Waals surface area contributed by atoms with Crippen LogP contribution in [0.2, 0.25) is 0 Å². The number of nitrogens with one attached hydrogen (secondary N) is 1. The SMILES string of the molecule is Cc1ccc(NC(=O)N(CC(=O)N(Cc2ccccc2)Cc2ccc(C)s2)CC(C)C)c(C)c1. The van der Waals surface area contributed by atoms with Gasteiger partial charge in [0.05, 0.1) is 6.54 Å². The lowest BCUT2D eigenvalue weighted by Gasteiger charge is -2.29. The van der Waals surface area contributed by atoms with Crippen LogP contribution in [0.15, 0.2) is 60.7 Å². The fraction of sp³-hybridized carbons (Fsp3) is 0.357. The summed E-state index contributed by atoms with van der Waals surface area (Å²) in [5.41, 5.74) is 3.99. The standard InChI is InChI=1S/C28H35N3O2S/c1-20(2)16-31(28(33)29-26-14-11-21(3)15-22(26)4)19-27(32)30(17-24-9-7-6-8-10-24)18-25-13-12-23(5)34-25/h6-15,20H,16-19H2,1-5H3,(H,29,33). The molecule has 2 aromatic carbocycles. The van der Waals surface area contributed by atoms with Gasteiger partial charge in [0.15, 0.2) is 0 Å². The van der Waals surface area contributed by atoms with Crippen LogP contribution in [-0.4, -0.2) is 34.8 Å². The zero-order valence-electron chi connectivity index (χ0n) is 20.8. The van der Waals surface area contributed by atoms with E-state index in [1.54, 1.807) is 16.2 Å². The monoisotopic (exact) mass is 477 g/mol. The number of rotatable bonds is 9. The molecule has 0 spiro atoms. The fourth-order valence-corrected chi connectivity index (χ4v) is 4.77. The second kappa shape index (κ2) is 11.8. The molecule has 6 heteroatoms. The summed E-state index contributed by atoms with van der Waals surface area (Å²) in [6.45, 7) is 11.7. The van der Waals surface area contributed by atoms with Crippen molar-refractivity contribution in [1.29, 1.82) is 0 Å². The van der Waals surface area contributed by atoms with Gasteiger partial charge in [-0.25, -0.2) is 4.79 Å². The maximum atomic E-state index is 13.5. The minimum absolute atomic E-state index is 0.0338. The number of carbonyl (C=O) groups is 2. The first kappa shape index (κ1) is 25.5. The number of hydrogen-bond acceptors (Lipinski definition) is 3. The molecule has 3 rings (SSSR count). The maximum absolute atomic E-state index is 13.5. The van der Waals surface area contributed by atoms with Crippen LogP contribution >= 0.6 is 11.3 Å². The van der Waals surface area contributed by atoms with Crippen molar-refractivity contribution in [3.05, 3.63) is 87.1 Å². The molecule has 3 aromatic rings. The van der Waals surface area contributed by atoms with Crippen LogP contribution in [0.25, 0.3) is 0 Å². The molecule has 3 amide bonds. The van der Waals surface area contributed by atoms with Gasteiger partial charge in [0.25, 0.3) is 0 Å². The van der Waals surface area contributed by atoms with E-state index in [1.165, 1.54) is 4.88 Å². The Morgan fingerprint density at radius 1 is 0.912 bits per heavy atom. The van der Waals surface area contributed by atoms with E-state index in [2.05, 4.69) is 38.2 Å². The third-order valence-electron chi connectivity index (χ3n) is 5.53. The third kappa shape index (κ3) is 7.45. The Hall–Kier alpha value is -3.12. The number of hydrogen-bond donors (Lipinski definition) is 1. The summed E-state index contributed by atoms with van der Waals surface area (Å²) in [4.78, 5) is 32.6. The lowest BCUT2D eigenvalue weighted by molar-refractivity contribution is -0.133. The van der Waals surface area contributed by atoms with Crippen molar-refractivity contribution in [2.75, 3.05) is 18.4 Å². The van der Waals surface area contributed by atoms with E-state index in [0.29, 0.717) is 19.6 Å². The molecule has 0 aliphatic carbocycles. The average molecular weight is 478 g/mol. The Kier molecular flexibility index (Phi) is 8.88. The topological polar surface area (TPSA) is 52.7 Å². The highest BCUT2D eigenvalue weighted by atomic mass is 32.1. The summed E-state index contributed by atoms with van der Waals surface area (Å²) in [5.74, 6) is 0.173. The highest BCUT2D eigenvalue weighted by Gasteiger charge is 2.23. The second-order valence-corrected chi connectivity index (χ2v) is 10.6. The molecule has 5 nitrogen and oxygen atoms in total. The van der Waals surface area contributed by atoms with Gasteiger partial charge in [-0.2, -0.15) is 0 Å². The zero-order valence-corrected chi connectivity index (χ0v) is 21.6. The van der Waals surface area contributed by atoms with Crippen LogP contribution in [0.4, 0.5) is 10.5 Å². The first-order valence-corrected chi connectivity index (χ1v) is 12.5. The lowest BCUT2D eigenvalue weighted by Crippen LogP contribution is -2.45. The average Bonchev–Trinajstić information content (AvgIpc) is 3.19. The molecule has 0 aliphatic heterocycles. The number of amides is 3. The number of thiophene rings is 1. The minimum Gasteiger partial charge on any atom is -0.332 e. The minimum atomic E-state index is -0.249. The van der Waals surface area contributed by atoms with Crippen molar-refractivity contribution in [3.8, 4) is 0 Å². The highest BCUT2D eigenvalue weighted by molar-refractivity contribution is 7.11. The number of nitrogens with zero attached hydrogens (tertiary/aromatic N) is 2. The van der Waals surface area contributed by atoms with Crippen LogP contribution in [0.3, 0.4) is 0 Å². The van der Waals surface area contributed by atoms with Gasteiger partial charge in [0, 0.05) is 28.5 Å². The molecule has 1 aromatic heterocycles. The Labute approximate surface area is 207 Å². The number of benzene rings is 2. The molecule has 180 valence electrons. The predicted octanol–water partition coefficient (Wildman–Crippen LogP) is 6.39. The van der Waals surface area contributed by atoms with Gasteiger partial charge in [0.1, 0.15) is 6.54 Å². The van der Waals surface area contributed by atoms with E-state index in [0.717, 1.165) is 27.3 Å². The molecule has 0 fully saturated rings. The van der Waals surface area contributed by atoms with E-state index in [4.69, 9.17) is 0 Å². The van der Waals surface area contributed by atoms with E-state index >= 15 is 0 Å². The molecular formula is C28H35N3O2S. The number of carbonyl (C=O) groups excluding carboxylic acids is 2. The quantitative estimate of drug-likeness (QED) is 0.388. The highest BCUT2D eigenvalue weighted by Crippen LogP contribution is 2.20. The smallest absolute Gasteiger partial charge is 0.322 e. The van der Waals surface area contributed by atoms with Crippen molar-refractivity contribution < 1.29 is 9.59 Å². The molecule has 1 heterocycles. The summed E-state index contributed by atoms with van der Waals surface area (Å²) in [6, 6.07) is 19.8. The second-order valence-electron chi connectivity index (χ2n) is 9.27. The molecule has 34 heavy (non-hydrogen) atoms. The number of urea groups is 1. The van der Waals surface area contributed by atoms with Gasteiger partial charge < -0.3 is 15.1 Å². The van der Waals surface area contributed by atoms with Crippen molar-refractivity contribution in [1.82, 2.24) is 9.80 Å². The molecule has 0 atom stereocenters. The van der Waals surface area contributed by atoms with Crippen LogP contribution in [0.5, 0.6) is 0 Å². The van der Waals surface area contributed by atoms with Crippen molar-refractivity contribution >= 4 is 29.0 Å². The fourth-order valence-electron chi connectivity index (χ4n) is 3.87. The van der Waals surface area contributed by atoms with E-state index < -0.39 is 0 Å². The van der Waals surface area contributed by atoms with Gasteiger partial charge >= 0.3 is 6.03 Å². The van der Waals surface area contributed by atoms with Crippen molar-refractivity contribution in [2.45, 2.75) is 47.7 Å². The van der Waals surface area contributed by atoms with Gasteiger partial charge in [0.2, 0.25) is 5.91 Å². The van der Waals surface area contributed by atoms with Crippen molar-refractivity contribution in [2.24, 2.45) is 5.92 Å². The molecule has 0 saturated carbocycles. The maximum Gasteiger partial charge on any atom is 0.322 e. The molecular weight excluding hydrogens is 442 g/mol. The van der Waals surface area contributed by atoms with E-state index in [9.17, 15) is 9.59 Å². The van der Waals surface area contributed by atoms with E-state index in [1.807, 2.05) is 67.3 Å². The molecule has 1 N–H and O–H groups in total. The zero-order chi connectivity index (χ0) is 24.7. The van der Waals surface area contributed by atoms with E-state index in [-0.39, 0.29) is 24.4 Å². The van der Waals surface area contributed by atoms with Gasteiger partial charge in [-0.15, -0.1) is 11.3 Å². The van der Waals surface area contributed by atoms with Crippen molar-refractivity contribution in [3.63, 3.8) is 0 Å². The van der Waals surface area contributed by atoms with Crippen LogP contribution < -0.4 is 5.32 Å². The summed E-state index contributed by atoms with van der Waals surface area (Å²) in [7, 11) is 0. The Morgan fingerprint density at radius 2 is 1.65 bits per heavy atom. The largest absolute Gasteiger partial charge is 0.332 e. The van der Waals surface area contributed by atoms with Crippen LogP contribution in [-0.2, 0) is 17.9 Å².